The molecule has 2 aromatic carbocycles. The smallest absolute Gasteiger partial charge is 0.265 e. The van der Waals surface area contributed by atoms with Crippen LogP contribution in [0.4, 0.5) is 15.8 Å². The van der Waals surface area contributed by atoms with Gasteiger partial charge >= 0.3 is 0 Å². The molecule has 1 aliphatic rings. The van der Waals surface area contributed by atoms with E-state index in [-0.39, 0.29) is 17.6 Å². The van der Waals surface area contributed by atoms with E-state index in [4.69, 9.17) is 0 Å². The van der Waals surface area contributed by atoms with Crippen molar-refractivity contribution in [2.45, 2.75) is 6.92 Å². The first-order valence-electron chi connectivity index (χ1n) is 10.2. The van der Waals surface area contributed by atoms with Crippen molar-refractivity contribution >= 4 is 40.3 Å². The van der Waals surface area contributed by atoms with E-state index in [1.165, 1.54) is 24.3 Å². The van der Waals surface area contributed by atoms with Gasteiger partial charge in [-0.2, -0.15) is 0 Å². The quantitative estimate of drug-likeness (QED) is 0.587. The number of thiophene rings is 1. The number of hydrogen-bond donors (Lipinski definition) is 1. The predicted octanol–water partition coefficient (Wildman–Crippen LogP) is 4.30. The fourth-order valence-corrected chi connectivity index (χ4v) is 4.23. The minimum atomic E-state index is -0.433. The normalized spacial score (nSPS) is 13.7. The maximum atomic E-state index is 14.4. The van der Waals surface area contributed by atoms with E-state index in [0.29, 0.717) is 53.6 Å². The molecule has 1 fully saturated rings. The van der Waals surface area contributed by atoms with Crippen LogP contribution in [0.25, 0.3) is 0 Å². The molecular formula is C24H22FN3O3S. The number of piperazine rings is 1. The summed E-state index contributed by atoms with van der Waals surface area (Å²) in [6.45, 7) is 3.32. The Bertz CT molecular complexity index is 1140. The van der Waals surface area contributed by atoms with Crippen molar-refractivity contribution < 1.29 is 18.8 Å². The number of Topliss-reactive ketones (excluding diaryl/α,β-unsaturated/α-hetero) is 1. The summed E-state index contributed by atoms with van der Waals surface area (Å²) in [6.07, 6.45) is 0. The van der Waals surface area contributed by atoms with Gasteiger partial charge in [0.2, 0.25) is 0 Å². The van der Waals surface area contributed by atoms with E-state index < -0.39 is 5.82 Å². The highest BCUT2D eigenvalue weighted by atomic mass is 32.1. The zero-order valence-corrected chi connectivity index (χ0v) is 18.3. The Hall–Kier alpha value is -3.52. The second kappa shape index (κ2) is 9.32. The van der Waals surface area contributed by atoms with Gasteiger partial charge < -0.3 is 15.1 Å². The van der Waals surface area contributed by atoms with Gasteiger partial charge in [-0.25, -0.2) is 4.39 Å². The molecule has 1 aliphatic heterocycles. The molecule has 0 aliphatic carbocycles. The Morgan fingerprint density at radius 2 is 1.62 bits per heavy atom. The second-order valence-electron chi connectivity index (χ2n) is 7.51. The van der Waals surface area contributed by atoms with Gasteiger partial charge in [-0.1, -0.05) is 6.07 Å². The molecule has 0 spiro atoms. The number of carbonyl (C=O) groups excluding carboxylic acids is 3. The average molecular weight is 452 g/mol. The molecule has 1 N–H and O–H groups in total. The summed E-state index contributed by atoms with van der Waals surface area (Å²) in [4.78, 5) is 40.7. The first kappa shape index (κ1) is 21.7. The van der Waals surface area contributed by atoms with E-state index in [1.807, 2.05) is 16.3 Å². The fourth-order valence-electron chi connectivity index (χ4n) is 3.61. The average Bonchev–Trinajstić information content (AvgIpc) is 3.34. The lowest BCUT2D eigenvalue weighted by molar-refractivity contribution is 0.0746. The van der Waals surface area contributed by atoms with Gasteiger partial charge in [0.25, 0.3) is 11.8 Å². The van der Waals surface area contributed by atoms with Gasteiger partial charge in [0.1, 0.15) is 5.82 Å². The van der Waals surface area contributed by atoms with Crippen LogP contribution >= 0.6 is 11.3 Å². The van der Waals surface area contributed by atoms with Crippen molar-refractivity contribution in [3.05, 3.63) is 81.8 Å². The lowest BCUT2D eigenvalue weighted by Gasteiger charge is -2.36. The Kier molecular flexibility index (Phi) is 6.32. The Morgan fingerprint density at radius 3 is 2.22 bits per heavy atom. The number of halogens is 1. The molecule has 0 saturated carbocycles. The minimum absolute atomic E-state index is 0.104. The molecule has 0 atom stereocenters. The lowest BCUT2D eigenvalue weighted by Crippen LogP contribution is -2.49. The van der Waals surface area contributed by atoms with E-state index in [0.717, 1.165) is 0 Å². The van der Waals surface area contributed by atoms with Crippen LogP contribution in [0.1, 0.15) is 37.3 Å². The summed E-state index contributed by atoms with van der Waals surface area (Å²) in [7, 11) is 0. The molecule has 3 aromatic rings. The van der Waals surface area contributed by atoms with Crippen LogP contribution in [-0.4, -0.2) is 48.7 Å². The zero-order valence-electron chi connectivity index (χ0n) is 17.5. The minimum Gasteiger partial charge on any atom is -0.366 e. The molecule has 4 rings (SSSR count). The van der Waals surface area contributed by atoms with Crippen molar-refractivity contribution in [1.82, 2.24) is 4.90 Å². The Labute approximate surface area is 189 Å². The lowest BCUT2D eigenvalue weighted by atomic mass is 10.1. The van der Waals surface area contributed by atoms with Crippen LogP contribution in [0.15, 0.2) is 60.0 Å². The molecule has 1 aromatic heterocycles. The number of benzene rings is 2. The van der Waals surface area contributed by atoms with Crippen LogP contribution in [0.5, 0.6) is 0 Å². The molecule has 1 saturated heterocycles. The van der Waals surface area contributed by atoms with Gasteiger partial charge in [-0.05, 0) is 60.8 Å². The van der Waals surface area contributed by atoms with Crippen LogP contribution in [0.3, 0.4) is 0 Å². The first-order valence-corrected chi connectivity index (χ1v) is 11.1. The van der Waals surface area contributed by atoms with Gasteiger partial charge in [0, 0.05) is 43.0 Å². The zero-order chi connectivity index (χ0) is 22.7. The van der Waals surface area contributed by atoms with Crippen LogP contribution in [0, 0.1) is 5.82 Å². The van der Waals surface area contributed by atoms with Crippen molar-refractivity contribution in [3.8, 4) is 0 Å². The largest absolute Gasteiger partial charge is 0.366 e. The fraction of sp³-hybridized carbons (Fsp3) is 0.208. The van der Waals surface area contributed by atoms with Crippen molar-refractivity contribution in [2.24, 2.45) is 0 Å². The highest BCUT2D eigenvalue weighted by molar-refractivity contribution is 7.12. The van der Waals surface area contributed by atoms with Crippen molar-refractivity contribution in [3.63, 3.8) is 0 Å². The van der Waals surface area contributed by atoms with Gasteiger partial charge in [0.05, 0.1) is 10.6 Å². The Morgan fingerprint density at radius 1 is 0.938 bits per heavy atom. The molecule has 32 heavy (non-hydrogen) atoms. The second-order valence-corrected chi connectivity index (χ2v) is 8.46. The maximum absolute atomic E-state index is 14.4. The summed E-state index contributed by atoms with van der Waals surface area (Å²) in [5.41, 5.74) is 1.93. The molecule has 8 heteroatoms. The first-order chi connectivity index (χ1) is 15.4. The van der Waals surface area contributed by atoms with E-state index in [2.05, 4.69) is 5.32 Å². The number of rotatable bonds is 5. The number of carbonyl (C=O) groups is 3. The molecule has 6 nitrogen and oxygen atoms in total. The van der Waals surface area contributed by atoms with Crippen LogP contribution in [0.2, 0.25) is 0 Å². The van der Waals surface area contributed by atoms with Crippen LogP contribution in [-0.2, 0) is 0 Å². The highest BCUT2D eigenvalue weighted by Crippen LogP contribution is 2.23. The maximum Gasteiger partial charge on any atom is 0.265 e. The number of nitrogens with one attached hydrogen (secondary N) is 1. The van der Waals surface area contributed by atoms with E-state index in [9.17, 15) is 18.8 Å². The van der Waals surface area contributed by atoms with Gasteiger partial charge in [-0.3, -0.25) is 14.4 Å². The number of ketones is 1. The topological polar surface area (TPSA) is 69.7 Å². The number of amides is 2. The van der Waals surface area contributed by atoms with Gasteiger partial charge in [-0.15, -0.1) is 11.3 Å². The molecular weight excluding hydrogens is 429 g/mol. The number of anilines is 2. The summed E-state index contributed by atoms with van der Waals surface area (Å²) in [5, 5.41) is 4.65. The summed E-state index contributed by atoms with van der Waals surface area (Å²) >= 11 is 1.36. The third kappa shape index (κ3) is 4.70. The third-order valence-electron chi connectivity index (χ3n) is 5.40. The standard InChI is InChI=1S/C24H22FN3O3S/c1-16(29)18-6-9-21(20(25)15-18)27-10-12-28(13-11-27)24(31)17-4-7-19(8-5-17)26-23(30)22-3-2-14-32-22/h2-9,14-15H,10-13H2,1H3,(H,26,30). The number of hydrogen-bond acceptors (Lipinski definition) is 5. The number of nitrogens with zero attached hydrogens (tertiary/aromatic N) is 2. The molecule has 164 valence electrons. The predicted molar refractivity (Wildman–Crippen MR) is 123 cm³/mol. The summed E-state index contributed by atoms with van der Waals surface area (Å²) < 4.78 is 14.4. The third-order valence-corrected chi connectivity index (χ3v) is 6.27. The van der Waals surface area contributed by atoms with Gasteiger partial charge in [0.15, 0.2) is 5.78 Å². The highest BCUT2D eigenvalue weighted by Gasteiger charge is 2.24. The van der Waals surface area contributed by atoms with Crippen molar-refractivity contribution in [2.75, 3.05) is 36.4 Å². The molecule has 0 unspecified atom stereocenters. The van der Waals surface area contributed by atoms with E-state index >= 15 is 0 Å². The Balaban J connectivity index is 1.35. The van der Waals surface area contributed by atoms with Crippen LogP contribution < -0.4 is 10.2 Å². The molecule has 2 heterocycles. The summed E-state index contributed by atoms with van der Waals surface area (Å²) in [6, 6.07) is 14.9. The molecule has 0 bridgehead atoms. The van der Waals surface area contributed by atoms with E-state index in [1.54, 1.807) is 47.4 Å². The summed E-state index contributed by atoms with van der Waals surface area (Å²) in [5.74, 6) is -0.896. The monoisotopic (exact) mass is 451 g/mol. The molecule has 0 radical (unpaired) electrons. The van der Waals surface area contributed by atoms with Crippen molar-refractivity contribution in [1.29, 1.82) is 0 Å². The SMILES string of the molecule is CC(=O)c1ccc(N2CCN(C(=O)c3ccc(NC(=O)c4cccs4)cc3)CC2)c(F)c1. The molecule has 2 amide bonds.